The van der Waals surface area contributed by atoms with Gasteiger partial charge >= 0.3 is 0 Å². The zero-order valence-electron chi connectivity index (χ0n) is 12.2. The molecule has 0 spiro atoms. The fourth-order valence-corrected chi connectivity index (χ4v) is 2.99. The van der Waals surface area contributed by atoms with Gasteiger partial charge in [0.2, 0.25) is 5.91 Å². The molecule has 20 heavy (non-hydrogen) atoms. The molecule has 1 N–H and O–H groups in total. The summed E-state index contributed by atoms with van der Waals surface area (Å²) in [6, 6.07) is 1.02. The molecule has 1 aromatic rings. The van der Waals surface area contributed by atoms with E-state index in [2.05, 4.69) is 15.3 Å². The molecule has 2 aliphatic rings. The molecule has 1 saturated carbocycles. The highest BCUT2D eigenvalue weighted by molar-refractivity contribution is 5.77. The van der Waals surface area contributed by atoms with Gasteiger partial charge in [0.25, 0.3) is 0 Å². The average Bonchev–Trinajstić information content (AvgIpc) is 2.97. The topological polar surface area (TPSA) is 50.2 Å². The SMILES string of the molecule is Cn1cc(CCC(=O)N(CC2CCCN2)C2CC2)cn1. The lowest BCUT2D eigenvalue weighted by atomic mass is 10.1. The Kier molecular flexibility index (Phi) is 4.05. The molecule has 1 saturated heterocycles. The number of aromatic nitrogens is 2. The number of hydrogen-bond acceptors (Lipinski definition) is 3. The van der Waals surface area contributed by atoms with Crippen molar-refractivity contribution in [2.75, 3.05) is 13.1 Å². The van der Waals surface area contributed by atoms with Crippen molar-refractivity contribution in [2.24, 2.45) is 7.05 Å². The first kappa shape index (κ1) is 13.6. The predicted octanol–water partition coefficient (Wildman–Crippen LogP) is 1.10. The second-order valence-corrected chi connectivity index (χ2v) is 6.09. The zero-order valence-corrected chi connectivity index (χ0v) is 12.2. The minimum Gasteiger partial charge on any atom is -0.338 e. The molecule has 110 valence electrons. The first-order valence-electron chi connectivity index (χ1n) is 7.73. The van der Waals surface area contributed by atoms with Crippen LogP contribution in [0.25, 0.3) is 0 Å². The van der Waals surface area contributed by atoms with Gasteiger partial charge in [0.15, 0.2) is 0 Å². The molecule has 0 aromatic carbocycles. The lowest BCUT2D eigenvalue weighted by Gasteiger charge is -2.26. The van der Waals surface area contributed by atoms with Crippen LogP contribution < -0.4 is 5.32 Å². The quantitative estimate of drug-likeness (QED) is 0.846. The highest BCUT2D eigenvalue weighted by Crippen LogP contribution is 2.28. The number of aryl methyl sites for hydroxylation is 2. The van der Waals surface area contributed by atoms with Crippen molar-refractivity contribution in [3.8, 4) is 0 Å². The predicted molar refractivity (Wildman–Crippen MR) is 77.3 cm³/mol. The largest absolute Gasteiger partial charge is 0.338 e. The Morgan fingerprint density at radius 1 is 1.50 bits per heavy atom. The van der Waals surface area contributed by atoms with Gasteiger partial charge < -0.3 is 10.2 Å². The molecule has 5 nitrogen and oxygen atoms in total. The van der Waals surface area contributed by atoms with Crippen LogP contribution in [0.5, 0.6) is 0 Å². The van der Waals surface area contributed by atoms with Gasteiger partial charge in [0, 0.05) is 38.3 Å². The molecule has 1 aromatic heterocycles. The third-order valence-electron chi connectivity index (χ3n) is 4.27. The lowest BCUT2D eigenvalue weighted by Crippen LogP contribution is -2.42. The van der Waals surface area contributed by atoms with Crippen LogP contribution in [-0.4, -0.2) is 45.8 Å². The third kappa shape index (κ3) is 3.39. The van der Waals surface area contributed by atoms with Crippen LogP contribution in [0.4, 0.5) is 0 Å². The van der Waals surface area contributed by atoms with Gasteiger partial charge in [-0.3, -0.25) is 9.48 Å². The first-order chi connectivity index (χ1) is 9.72. The normalized spacial score (nSPS) is 22.1. The van der Waals surface area contributed by atoms with Crippen molar-refractivity contribution in [1.29, 1.82) is 0 Å². The molecular formula is C15H24N4O. The van der Waals surface area contributed by atoms with Crippen molar-refractivity contribution in [2.45, 2.75) is 50.6 Å². The Morgan fingerprint density at radius 2 is 2.35 bits per heavy atom. The summed E-state index contributed by atoms with van der Waals surface area (Å²) in [6.45, 7) is 2.00. The van der Waals surface area contributed by atoms with Gasteiger partial charge in [-0.25, -0.2) is 0 Å². The molecule has 0 bridgehead atoms. The van der Waals surface area contributed by atoms with Crippen LogP contribution in [0.15, 0.2) is 12.4 Å². The molecule has 1 aliphatic carbocycles. The summed E-state index contributed by atoms with van der Waals surface area (Å²) < 4.78 is 1.79. The number of carbonyl (C=O) groups is 1. The Balaban J connectivity index is 1.52. The monoisotopic (exact) mass is 276 g/mol. The molecule has 2 heterocycles. The Labute approximate surface area is 120 Å². The van der Waals surface area contributed by atoms with Crippen LogP contribution in [0.3, 0.4) is 0 Å². The minimum absolute atomic E-state index is 0.310. The summed E-state index contributed by atoms with van der Waals surface area (Å²) in [5.41, 5.74) is 1.15. The van der Waals surface area contributed by atoms with Crippen molar-refractivity contribution < 1.29 is 4.79 Å². The minimum atomic E-state index is 0.310. The smallest absolute Gasteiger partial charge is 0.223 e. The molecular weight excluding hydrogens is 252 g/mol. The van der Waals surface area contributed by atoms with Gasteiger partial charge in [0.05, 0.1) is 6.20 Å². The summed E-state index contributed by atoms with van der Waals surface area (Å²) in [6.07, 6.45) is 10.1. The number of nitrogens with zero attached hydrogens (tertiary/aromatic N) is 3. The maximum atomic E-state index is 12.5. The third-order valence-corrected chi connectivity index (χ3v) is 4.27. The number of carbonyl (C=O) groups excluding carboxylic acids is 1. The van der Waals surface area contributed by atoms with Gasteiger partial charge in [-0.15, -0.1) is 0 Å². The van der Waals surface area contributed by atoms with Crippen LogP contribution in [0, 0.1) is 0 Å². The molecule has 1 atom stereocenters. The standard InChI is InChI=1S/C15H24N4O/c1-18-10-12(9-17-18)4-7-15(20)19(14-5-6-14)11-13-3-2-8-16-13/h9-10,13-14,16H,2-8,11H2,1H3. The fraction of sp³-hybridized carbons (Fsp3) is 0.733. The van der Waals surface area contributed by atoms with Crippen LogP contribution in [0.2, 0.25) is 0 Å². The maximum absolute atomic E-state index is 12.5. The molecule has 0 radical (unpaired) electrons. The van der Waals surface area contributed by atoms with E-state index in [-0.39, 0.29) is 0 Å². The van der Waals surface area contributed by atoms with Gasteiger partial charge in [0.1, 0.15) is 0 Å². The van der Waals surface area contributed by atoms with E-state index in [0.717, 1.165) is 25.1 Å². The Morgan fingerprint density at radius 3 is 2.95 bits per heavy atom. The van der Waals surface area contributed by atoms with Crippen LogP contribution in [-0.2, 0) is 18.3 Å². The van der Waals surface area contributed by atoms with E-state index in [4.69, 9.17) is 0 Å². The number of amides is 1. The van der Waals surface area contributed by atoms with Crippen LogP contribution in [0.1, 0.15) is 37.7 Å². The molecule has 1 aliphatic heterocycles. The lowest BCUT2D eigenvalue weighted by molar-refractivity contribution is -0.132. The average molecular weight is 276 g/mol. The number of rotatable bonds is 6. The summed E-state index contributed by atoms with van der Waals surface area (Å²) in [7, 11) is 1.91. The first-order valence-corrected chi connectivity index (χ1v) is 7.73. The van der Waals surface area contributed by atoms with Crippen molar-refractivity contribution in [1.82, 2.24) is 20.0 Å². The van der Waals surface area contributed by atoms with Gasteiger partial charge in [-0.2, -0.15) is 5.10 Å². The summed E-state index contributed by atoms with van der Waals surface area (Å²) >= 11 is 0. The zero-order chi connectivity index (χ0) is 13.9. The second-order valence-electron chi connectivity index (χ2n) is 6.09. The summed E-state index contributed by atoms with van der Waals surface area (Å²) in [4.78, 5) is 14.6. The molecule has 1 unspecified atom stereocenters. The molecule has 5 heteroatoms. The highest BCUT2D eigenvalue weighted by Gasteiger charge is 2.34. The number of hydrogen-bond donors (Lipinski definition) is 1. The Bertz CT molecular complexity index is 460. The number of nitrogens with one attached hydrogen (secondary N) is 1. The Hall–Kier alpha value is -1.36. The molecule has 1 amide bonds. The van der Waals surface area contributed by atoms with E-state index in [1.54, 1.807) is 4.68 Å². The summed E-state index contributed by atoms with van der Waals surface area (Å²) in [5, 5.41) is 7.65. The summed E-state index contributed by atoms with van der Waals surface area (Å²) in [5.74, 6) is 0.310. The van der Waals surface area contributed by atoms with E-state index in [9.17, 15) is 4.79 Å². The van der Waals surface area contributed by atoms with E-state index in [0.29, 0.717) is 24.4 Å². The van der Waals surface area contributed by atoms with E-state index >= 15 is 0 Å². The van der Waals surface area contributed by atoms with Crippen molar-refractivity contribution in [3.05, 3.63) is 18.0 Å². The van der Waals surface area contributed by atoms with E-state index in [1.807, 2.05) is 19.4 Å². The van der Waals surface area contributed by atoms with Crippen LogP contribution >= 0.6 is 0 Å². The molecule has 3 rings (SSSR count). The molecule has 2 fully saturated rings. The fourth-order valence-electron chi connectivity index (χ4n) is 2.99. The maximum Gasteiger partial charge on any atom is 0.223 e. The highest BCUT2D eigenvalue weighted by atomic mass is 16.2. The van der Waals surface area contributed by atoms with Gasteiger partial charge in [-0.1, -0.05) is 0 Å². The van der Waals surface area contributed by atoms with Crippen molar-refractivity contribution >= 4 is 5.91 Å². The van der Waals surface area contributed by atoms with E-state index in [1.165, 1.54) is 25.7 Å². The van der Waals surface area contributed by atoms with Crippen molar-refractivity contribution in [3.63, 3.8) is 0 Å². The van der Waals surface area contributed by atoms with E-state index < -0.39 is 0 Å². The van der Waals surface area contributed by atoms with Gasteiger partial charge in [-0.05, 0) is 44.2 Å². The second kappa shape index (κ2) is 5.95.